The molecule has 0 aliphatic heterocycles. The number of halogens is 1. The van der Waals surface area contributed by atoms with Gasteiger partial charge in [0.25, 0.3) is 0 Å². The molecule has 0 saturated heterocycles. The van der Waals surface area contributed by atoms with Crippen molar-refractivity contribution in [1.82, 2.24) is 4.98 Å². The van der Waals surface area contributed by atoms with Crippen LogP contribution in [0.4, 0.5) is 4.39 Å². The largest absolute Gasteiger partial charge is 0.506 e. The van der Waals surface area contributed by atoms with Crippen molar-refractivity contribution in [2.45, 2.75) is 6.92 Å². The van der Waals surface area contributed by atoms with Gasteiger partial charge in [-0.25, -0.2) is 4.39 Å². The lowest BCUT2D eigenvalue weighted by molar-refractivity contribution is 0.479. The van der Waals surface area contributed by atoms with E-state index in [-0.39, 0.29) is 11.6 Å². The molecule has 0 bridgehead atoms. The van der Waals surface area contributed by atoms with Crippen molar-refractivity contribution in [3.63, 3.8) is 0 Å². The van der Waals surface area contributed by atoms with Crippen molar-refractivity contribution >= 4 is 10.9 Å². The monoisotopic (exact) mass is 177 g/mol. The molecule has 0 aliphatic carbocycles. The lowest BCUT2D eigenvalue weighted by Gasteiger charge is -2.01. The fourth-order valence-electron chi connectivity index (χ4n) is 1.28. The van der Waals surface area contributed by atoms with Gasteiger partial charge in [-0.2, -0.15) is 0 Å². The zero-order valence-corrected chi connectivity index (χ0v) is 7.08. The Morgan fingerprint density at radius 3 is 2.92 bits per heavy atom. The second-order valence-corrected chi connectivity index (χ2v) is 2.98. The predicted octanol–water partition coefficient (Wildman–Crippen LogP) is 2.39. The second kappa shape index (κ2) is 2.69. The third kappa shape index (κ3) is 1.22. The number of hydrogen-bond donors (Lipinski definition) is 1. The fourth-order valence-corrected chi connectivity index (χ4v) is 1.28. The first-order chi connectivity index (χ1) is 6.18. The van der Waals surface area contributed by atoms with Crippen molar-refractivity contribution in [2.24, 2.45) is 0 Å². The Morgan fingerprint density at radius 1 is 1.38 bits per heavy atom. The van der Waals surface area contributed by atoms with Crippen LogP contribution in [-0.2, 0) is 0 Å². The van der Waals surface area contributed by atoms with Gasteiger partial charge < -0.3 is 5.11 Å². The molecule has 0 spiro atoms. The summed E-state index contributed by atoms with van der Waals surface area (Å²) in [5.74, 6) is -0.347. The summed E-state index contributed by atoms with van der Waals surface area (Å²) < 4.78 is 13.2. The minimum absolute atomic E-state index is 0.0106. The summed E-state index contributed by atoms with van der Waals surface area (Å²) in [5.41, 5.74) is 1.18. The molecule has 66 valence electrons. The smallest absolute Gasteiger partial charge is 0.142 e. The third-order valence-corrected chi connectivity index (χ3v) is 1.91. The molecule has 0 fully saturated rings. The topological polar surface area (TPSA) is 33.1 Å². The van der Waals surface area contributed by atoms with Gasteiger partial charge in [0.05, 0.1) is 0 Å². The lowest BCUT2D eigenvalue weighted by atomic mass is 10.1. The molecule has 1 N–H and O–H groups in total. The first-order valence-corrected chi connectivity index (χ1v) is 3.92. The number of benzene rings is 1. The highest BCUT2D eigenvalue weighted by Gasteiger charge is 2.05. The van der Waals surface area contributed by atoms with E-state index in [1.807, 2.05) is 6.92 Å². The van der Waals surface area contributed by atoms with Gasteiger partial charge >= 0.3 is 0 Å². The van der Waals surface area contributed by atoms with E-state index >= 15 is 0 Å². The van der Waals surface area contributed by atoms with Crippen LogP contribution in [0, 0.1) is 12.7 Å². The van der Waals surface area contributed by atoms with Crippen molar-refractivity contribution in [3.05, 3.63) is 35.8 Å². The van der Waals surface area contributed by atoms with Crippen LogP contribution in [0.1, 0.15) is 5.56 Å². The molecule has 2 rings (SSSR count). The predicted molar refractivity (Wildman–Crippen MR) is 48.1 cm³/mol. The Kier molecular flexibility index (Phi) is 1.65. The number of hydrogen-bond acceptors (Lipinski definition) is 2. The fraction of sp³-hybridized carbons (Fsp3) is 0.100. The van der Waals surface area contributed by atoms with Gasteiger partial charge in [-0.1, -0.05) is 0 Å². The molecular formula is C10H8FNO. The van der Waals surface area contributed by atoms with Gasteiger partial charge in [0.1, 0.15) is 17.1 Å². The Morgan fingerprint density at radius 2 is 2.15 bits per heavy atom. The summed E-state index contributed by atoms with van der Waals surface area (Å²) in [4.78, 5) is 3.95. The van der Waals surface area contributed by atoms with Crippen LogP contribution in [0.25, 0.3) is 10.9 Å². The second-order valence-electron chi connectivity index (χ2n) is 2.98. The summed E-state index contributed by atoms with van der Waals surface area (Å²) in [6.07, 6.45) is 1.60. The summed E-state index contributed by atoms with van der Waals surface area (Å²) >= 11 is 0. The number of aromatic nitrogens is 1. The molecule has 0 saturated carbocycles. The molecule has 1 aromatic heterocycles. The van der Waals surface area contributed by atoms with E-state index in [2.05, 4.69) is 4.98 Å². The van der Waals surface area contributed by atoms with Crippen LogP contribution in [0.3, 0.4) is 0 Å². The molecule has 0 amide bonds. The van der Waals surface area contributed by atoms with Gasteiger partial charge in [0, 0.05) is 11.6 Å². The van der Waals surface area contributed by atoms with E-state index in [1.165, 1.54) is 12.1 Å². The van der Waals surface area contributed by atoms with Crippen LogP contribution >= 0.6 is 0 Å². The molecule has 0 atom stereocenters. The SMILES string of the molecule is Cc1cnc2c(O)ccc(F)c2c1. The van der Waals surface area contributed by atoms with Crippen LogP contribution < -0.4 is 0 Å². The average Bonchev–Trinajstić information content (AvgIpc) is 2.12. The standard InChI is InChI=1S/C10H8FNO/c1-6-4-7-8(11)2-3-9(13)10(7)12-5-6/h2-5,13H,1H3. The summed E-state index contributed by atoms with van der Waals surface area (Å²) in [6.45, 7) is 1.83. The van der Waals surface area contributed by atoms with Gasteiger partial charge in [-0.3, -0.25) is 4.98 Å². The third-order valence-electron chi connectivity index (χ3n) is 1.91. The molecule has 1 heterocycles. The minimum atomic E-state index is -0.357. The van der Waals surface area contributed by atoms with E-state index in [4.69, 9.17) is 0 Å². The average molecular weight is 177 g/mol. The number of fused-ring (bicyclic) bond motifs is 1. The number of aromatic hydroxyl groups is 1. The highest BCUT2D eigenvalue weighted by Crippen LogP contribution is 2.24. The van der Waals surface area contributed by atoms with Gasteiger partial charge in [0.15, 0.2) is 0 Å². The Balaban J connectivity index is 2.92. The Hall–Kier alpha value is -1.64. The molecule has 2 nitrogen and oxygen atoms in total. The minimum Gasteiger partial charge on any atom is -0.506 e. The first-order valence-electron chi connectivity index (χ1n) is 3.92. The van der Waals surface area contributed by atoms with E-state index in [9.17, 15) is 9.50 Å². The maximum absolute atomic E-state index is 13.2. The zero-order chi connectivity index (χ0) is 9.42. The Bertz CT molecular complexity index is 468. The van der Waals surface area contributed by atoms with Crippen molar-refractivity contribution < 1.29 is 9.50 Å². The van der Waals surface area contributed by atoms with E-state index < -0.39 is 0 Å². The number of phenolic OH excluding ortho intramolecular Hbond substituents is 1. The van der Waals surface area contributed by atoms with Gasteiger partial charge in [-0.05, 0) is 30.7 Å². The molecular weight excluding hydrogens is 169 g/mol. The quantitative estimate of drug-likeness (QED) is 0.670. The van der Waals surface area contributed by atoms with E-state index in [1.54, 1.807) is 12.3 Å². The molecule has 13 heavy (non-hydrogen) atoms. The van der Waals surface area contributed by atoms with Crippen LogP contribution in [0.15, 0.2) is 24.4 Å². The number of nitrogens with zero attached hydrogens (tertiary/aromatic N) is 1. The summed E-state index contributed by atoms with van der Waals surface area (Å²) in [5, 5.41) is 9.72. The number of phenols is 1. The highest BCUT2D eigenvalue weighted by atomic mass is 19.1. The van der Waals surface area contributed by atoms with Gasteiger partial charge in [-0.15, -0.1) is 0 Å². The molecule has 0 aliphatic rings. The van der Waals surface area contributed by atoms with Crippen molar-refractivity contribution in [2.75, 3.05) is 0 Å². The lowest BCUT2D eigenvalue weighted by Crippen LogP contribution is -1.85. The van der Waals surface area contributed by atoms with Crippen LogP contribution in [-0.4, -0.2) is 10.1 Å². The number of pyridine rings is 1. The maximum atomic E-state index is 13.2. The van der Waals surface area contributed by atoms with Crippen LogP contribution in [0.5, 0.6) is 5.75 Å². The zero-order valence-electron chi connectivity index (χ0n) is 7.08. The normalized spacial score (nSPS) is 10.6. The van der Waals surface area contributed by atoms with Crippen LogP contribution in [0.2, 0.25) is 0 Å². The maximum Gasteiger partial charge on any atom is 0.142 e. The molecule has 0 unspecified atom stereocenters. The molecule has 2 aromatic rings. The highest BCUT2D eigenvalue weighted by molar-refractivity contribution is 5.84. The molecule has 1 aromatic carbocycles. The summed E-state index contributed by atoms with van der Waals surface area (Å²) in [7, 11) is 0. The number of aryl methyl sites for hydroxylation is 1. The van der Waals surface area contributed by atoms with Crippen molar-refractivity contribution in [3.8, 4) is 5.75 Å². The first kappa shape index (κ1) is 7.98. The Labute approximate surface area is 74.7 Å². The molecule has 3 heteroatoms. The van der Waals surface area contributed by atoms with Crippen molar-refractivity contribution in [1.29, 1.82) is 0 Å². The molecule has 0 radical (unpaired) electrons. The van der Waals surface area contributed by atoms with Gasteiger partial charge in [0.2, 0.25) is 0 Å². The van der Waals surface area contributed by atoms with E-state index in [0.29, 0.717) is 10.9 Å². The number of rotatable bonds is 0. The summed E-state index contributed by atoms with van der Waals surface area (Å²) in [6, 6.07) is 4.20. The van der Waals surface area contributed by atoms with E-state index in [0.717, 1.165) is 5.56 Å².